The number of carboxylic acids is 1. The Bertz CT molecular complexity index is 348. The molecule has 0 saturated heterocycles. The van der Waals surface area contributed by atoms with E-state index in [1.165, 1.54) is 19.2 Å². The number of carboxylic acid groups (broad SMARTS) is 1. The molecule has 3 N–H and O–H groups in total. The summed E-state index contributed by atoms with van der Waals surface area (Å²) in [6.07, 6.45) is 0. The zero-order valence-corrected chi connectivity index (χ0v) is 6.90. The first kappa shape index (κ1) is 9.18. The van der Waals surface area contributed by atoms with Crippen molar-refractivity contribution in [3.63, 3.8) is 0 Å². The fraction of sp³-hybridized carbons (Fsp3) is 0.125. The van der Waals surface area contributed by atoms with Gasteiger partial charge >= 0.3 is 5.97 Å². The van der Waals surface area contributed by atoms with Crippen LogP contribution in [0.2, 0.25) is 0 Å². The van der Waals surface area contributed by atoms with Crippen molar-refractivity contribution in [2.24, 2.45) is 0 Å². The van der Waals surface area contributed by atoms with Gasteiger partial charge < -0.3 is 20.7 Å². The van der Waals surface area contributed by atoms with E-state index >= 15 is 0 Å². The van der Waals surface area contributed by atoms with Crippen molar-refractivity contribution >= 4 is 11.7 Å². The van der Waals surface area contributed by atoms with E-state index in [-0.39, 0.29) is 17.0 Å². The molecule has 1 aromatic carbocycles. The topological polar surface area (TPSA) is 95.6 Å². The van der Waals surface area contributed by atoms with Crippen molar-refractivity contribution in [1.29, 1.82) is 0 Å². The minimum atomic E-state index is -1.29. The maximum atomic E-state index is 11.2. The average molecular weight is 182 g/mol. The number of nitrogens with two attached hydrogens (primary N) is 1. The van der Waals surface area contributed by atoms with E-state index in [1.54, 1.807) is 0 Å². The summed E-state index contributed by atoms with van der Waals surface area (Å²) in [7, 11) is 1.35. The van der Waals surface area contributed by atoms with Crippen LogP contribution in [-0.2, 0) is 0 Å². The zero-order chi connectivity index (χ0) is 10.0. The maximum absolute atomic E-state index is 11.2. The number of ether oxygens (including phenoxy) is 1. The van der Waals surface area contributed by atoms with E-state index in [9.17, 15) is 9.90 Å². The Labute approximate surface area is 74.4 Å². The number of methoxy groups -OCH3 is 1. The molecule has 13 heavy (non-hydrogen) atoms. The van der Waals surface area contributed by atoms with Crippen LogP contribution in [0.1, 0.15) is 10.4 Å². The largest absolute Gasteiger partial charge is 0.870 e. The van der Waals surface area contributed by atoms with Crippen LogP contribution in [0.3, 0.4) is 0 Å². The number of nitrogen functional groups attached to an aromatic ring is 1. The molecule has 0 aliphatic carbocycles. The summed E-state index contributed by atoms with van der Waals surface area (Å²) in [5.74, 6) is -1.82. The van der Waals surface area contributed by atoms with Crippen molar-refractivity contribution in [2.75, 3.05) is 12.8 Å². The first-order valence-corrected chi connectivity index (χ1v) is 3.44. The highest BCUT2D eigenvalue weighted by atomic mass is 16.5. The Morgan fingerprint density at radius 1 is 1.62 bits per heavy atom. The van der Waals surface area contributed by atoms with Gasteiger partial charge in [0.1, 0.15) is 5.75 Å². The molecule has 0 saturated carbocycles. The van der Waals surface area contributed by atoms with Gasteiger partial charge in [0.2, 0.25) is 0 Å². The van der Waals surface area contributed by atoms with Crippen molar-refractivity contribution in [2.45, 2.75) is 0 Å². The lowest BCUT2D eigenvalue weighted by Gasteiger charge is -2.15. The molecule has 0 spiro atoms. The van der Waals surface area contributed by atoms with Gasteiger partial charge in [-0.25, -0.2) is 4.79 Å². The number of benzene rings is 1. The van der Waals surface area contributed by atoms with Gasteiger partial charge in [-0.3, -0.25) is 0 Å². The number of hydrogen-bond donors (Lipinski definition) is 2. The standard InChI is InChI=1S/C8H9NO4/c1-13-5-3-2-4(8(11)12)7(10)6(5)9/h2-3,10H,9H2,1H3,(H,11,12)/p-1. The minimum Gasteiger partial charge on any atom is -0.870 e. The molecule has 0 heterocycles. The highest BCUT2D eigenvalue weighted by Crippen LogP contribution is 2.31. The van der Waals surface area contributed by atoms with Crippen molar-refractivity contribution in [3.8, 4) is 11.5 Å². The summed E-state index contributed by atoms with van der Waals surface area (Å²) in [6, 6.07) is 2.51. The SMILES string of the molecule is COc1ccc(C(=O)O)c([O-])c1N. The van der Waals surface area contributed by atoms with E-state index in [0.29, 0.717) is 0 Å². The van der Waals surface area contributed by atoms with Crippen molar-refractivity contribution in [3.05, 3.63) is 17.7 Å². The van der Waals surface area contributed by atoms with Gasteiger partial charge in [-0.15, -0.1) is 0 Å². The predicted octanol–water partition coefficient (Wildman–Crippen LogP) is 0.0492. The molecule has 0 aromatic heterocycles. The molecule has 0 amide bonds. The number of carbonyl (C=O) groups is 1. The molecule has 0 fully saturated rings. The van der Waals surface area contributed by atoms with E-state index in [1.807, 2.05) is 0 Å². The Balaban J connectivity index is 3.31. The van der Waals surface area contributed by atoms with Crippen LogP contribution < -0.4 is 15.6 Å². The zero-order valence-electron chi connectivity index (χ0n) is 6.90. The second-order valence-electron chi connectivity index (χ2n) is 2.36. The summed E-state index contributed by atoms with van der Waals surface area (Å²) >= 11 is 0. The summed E-state index contributed by atoms with van der Waals surface area (Å²) in [5.41, 5.74) is 4.80. The van der Waals surface area contributed by atoms with Gasteiger partial charge in [0.15, 0.2) is 0 Å². The molecule has 0 aliphatic heterocycles. The molecular formula is C8H8NO4-. The van der Waals surface area contributed by atoms with Crippen LogP contribution in [0.15, 0.2) is 12.1 Å². The molecule has 0 aliphatic rings. The fourth-order valence-electron chi connectivity index (χ4n) is 0.928. The molecule has 1 aromatic rings. The van der Waals surface area contributed by atoms with Gasteiger partial charge in [-0.2, -0.15) is 0 Å². The van der Waals surface area contributed by atoms with Gasteiger partial charge in [-0.05, 0) is 12.1 Å². The number of hydrogen-bond acceptors (Lipinski definition) is 4. The highest BCUT2D eigenvalue weighted by molar-refractivity contribution is 5.93. The number of anilines is 1. The second kappa shape index (κ2) is 3.22. The quantitative estimate of drug-likeness (QED) is 0.630. The smallest absolute Gasteiger partial charge is 0.335 e. The third kappa shape index (κ3) is 1.48. The summed E-state index contributed by atoms with van der Waals surface area (Å²) in [4.78, 5) is 10.5. The molecule has 5 heteroatoms. The van der Waals surface area contributed by atoms with Crippen molar-refractivity contribution < 1.29 is 19.7 Å². The van der Waals surface area contributed by atoms with Crippen LogP contribution in [-0.4, -0.2) is 18.2 Å². The molecule has 70 valence electrons. The van der Waals surface area contributed by atoms with Gasteiger partial charge in [-0.1, -0.05) is 5.75 Å². The third-order valence-electron chi connectivity index (χ3n) is 1.61. The fourth-order valence-corrected chi connectivity index (χ4v) is 0.928. The Morgan fingerprint density at radius 2 is 2.23 bits per heavy atom. The predicted molar refractivity (Wildman–Crippen MR) is 43.8 cm³/mol. The number of rotatable bonds is 2. The lowest BCUT2D eigenvalue weighted by molar-refractivity contribution is -0.267. The average Bonchev–Trinajstić information content (AvgIpc) is 2.09. The van der Waals surface area contributed by atoms with E-state index in [0.717, 1.165) is 0 Å². The van der Waals surface area contributed by atoms with E-state index in [2.05, 4.69) is 0 Å². The van der Waals surface area contributed by atoms with Crippen LogP contribution in [0.25, 0.3) is 0 Å². The van der Waals surface area contributed by atoms with Crippen LogP contribution in [0.5, 0.6) is 11.5 Å². The Hall–Kier alpha value is -1.91. The summed E-state index contributed by atoms with van der Waals surface area (Å²) in [5, 5.41) is 19.8. The van der Waals surface area contributed by atoms with Crippen molar-refractivity contribution in [1.82, 2.24) is 0 Å². The lowest BCUT2D eigenvalue weighted by atomic mass is 10.1. The van der Waals surface area contributed by atoms with E-state index < -0.39 is 11.7 Å². The normalized spacial score (nSPS) is 9.62. The molecule has 0 bridgehead atoms. The lowest BCUT2D eigenvalue weighted by Crippen LogP contribution is -2.07. The van der Waals surface area contributed by atoms with E-state index in [4.69, 9.17) is 15.6 Å². The first-order valence-electron chi connectivity index (χ1n) is 3.44. The molecule has 0 radical (unpaired) electrons. The Morgan fingerprint density at radius 3 is 2.69 bits per heavy atom. The van der Waals surface area contributed by atoms with Crippen LogP contribution in [0.4, 0.5) is 5.69 Å². The third-order valence-corrected chi connectivity index (χ3v) is 1.61. The monoisotopic (exact) mass is 182 g/mol. The molecule has 0 atom stereocenters. The van der Waals surface area contributed by atoms with Gasteiger partial charge in [0.25, 0.3) is 0 Å². The molecule has 1 rings (SSSR count). The molecule has 0 unspecified atom stereocenters. The minimum absolute atomic E-state index is 0.178. The molecular weight excluding hydrogens is 174 g/mol. The first-order chi connectivity index (χ1) is 6.07. The van der Waals surface area contributed by atoms with Crippen LogP contribution >= 0.6 is 0 Å². The Kier molecular flexibility index (Phi) is 2.27. The molecule has 5 nitrogen and oxygen atoms in total. The maximum Gasteiger partial charge on any atom is 0.335 e. The summed E-state index contributed by atoms with van der Waals surface area (Å²) < 4.78 is 4.74. The second-order valence-corrected chi connectivity index (χ2v) is 2.36. The van der Waals surface area contributed by atoms with Crippen LogP contribution in [0, 0.1) is 0 Å². The van der Waals surface area contributed by atoms with Gasteiger partial charge in [0, 0.05) is 0 Å². The number of aromatic carboxylic acids is 1. The summed E-state index contributed by atoms with van der Waals surface area (Å²) in [6.45, 7) is 0. The highest BCUT2D eigenvalue weighted by Gasteiger charge is 2.08. The van der Waals surface area contributed by atoms with Gasteiger partial charge in [0.05, 0.1) is 18.4 Å².